The number of thiophene rings is 1. The molecule has 0 atom stereocenters. The van der Waals surface area contributed by atoms with Crippen LogP contribution < -0.4 is 0 Å². The molecule has 0 unspecified atom stereocenters. The summed E-state index contributed by atoms with van der Waals surface area (Å²) in [5, 5.41) is 20.8. The minimum absolute atomic E-state index is 0.630. The molecule has 0 aliphatic carbocycles. The van der Waals surface area contributed by atoms with Gasteiger partial charge in [-0.05, 0) is 125 Å². The van der Waals surface area contributed by atoms with Crippen LogP contribution in [-0.2, 0) is 0 Å². The van der Waals surface area contributed by atoms with Gasteiger partial charge < -0.3 is 13.4 Å². The predicted octanol–water partition coefficient (Wildman–Crippen LogP) is 24.4. The minimum atomic E-state index is 0.630. The Morgan fingerprint density at radius 2 is 0.680 bits per heavy atom. The molecule has 0 N–H and O–H groups in total. The summed E-state index contributed by atoms with van der Waals surface area (Å²) in [4.78, 5) is 21.4. The molecule has 0 radical (unpaired) electrons. The van der Waals surface area contributed by atoms with Gasteiger partial charge in [0.25, 0.3) is 0 Å². The van der Waals surface area contributed by atoms with Crippen molar-refractivity contribution in [1.82, 2.24) is 33.6 Å². The number of nitrogens with zero attached hydrogens (tertiary/aromatic N) is 7. The third-order valence-corrected chi connectivity index (χ3v) is 21.7. The van der Waals surface area contributed by atoms with Crippen LogP contribution in [0.3, 0.4) is 0 Å². The van der Waals surface area contributed by atoms with Gasteiger partial charge >= 0.3 is 0 Å². The van der Waals surface area contributed by atoms with Crippen molar-refractivity contribution in [3.63, 3.8) is 0 Å². The van der Waals surface area contributed by atoms with Gasteiger partial charge in [0.2, 0.25) is 11.9 Å². The smallest absolute Gasteiger partial charge is 0.235 e. The van der Waals surface area contributed by atoms with Crippen molar-refractivity contribution in [1.29, 1.82) is 0 Å². The molecule has 0 aliphatic heterocycles. The standard InChI is InChI=1S/C48H28N4O.C42H23N3OS/c1-2-14-32(15-3-1)51-41-21-11-8-18-37(41)45-42(51)25-24-35-33-16-7-10-20-40(33)52(47(35)45)48-49-39-19-9-6-17-36(39)46(50-48)31-22-23-34-38-26-29-12-4-5-13-30(29)27-44(38)53-43(34)28-31;1-2-10-25-22-37-33(21-24(25)9-1)28-18-17-26(23-36(28)46-37)39-32-13-3-6-14-34(32)43-42(44-39)45-35-15-7-4-11-27(35)30-19-20-31-29-12-5-8-16-38(29)47-41(31)40(30)45/h1-28H;1-23H. The Labute approximate surface area is 572 Å². The third kappa shape index (κ3) is 8.10. The molecule has 0 amide bonds. The van der Waals surface area contributed by atoms with Gasteiger partial charge in [-0.1, -0.05) is 206 Å². The highest BCUT2D eigenvalue weighted by atomic mass is 32.1. The summed E-state index contributed by atoms with van der Waals surface area (Å²) in [6.45, 7) is 0. The number of fused-ring (bicyclic) bond motifs is 24. The molecule has 10 heteroatoms. The van der Waals surface area contributed by atoms with Crippen molar-refractivity contribution < 1.29 is 8.83 Å². The van der Waals surface area contributed by atoms with E-state index in [2.05, 4.69) is 311 Å². The van der Waals surface area contributed by atoms with E-state index in [4.69, 9.17) is 28.8 Å². The molecular formula is C90H51N7O2S. The molecule has 100 heavy (non-hydrogen) atoms. The first-order valence-electron chi connectivity index (χ1n) is 33.7. The summed E-state index contributed by atoms with van der Waals surface area (Å²) in [5.41, 5.74) is 16.8. The molecule has 464 valence electrons. The Hall–Kier alpha value is -13.3. The van der Waals surface area contributed by atoms with Gasteiger partial charge in [0.1, 0.15) is 22.3 Å². The number of hydrogen-bond acceptors (Lipinski definition) is 7. The number of aromatic nitrogens is 7. The Morgan fingerprint density at radius 1 is 0.260 bits per heavy atom. The van der Waals surface area contributed by atoms with Crippen LogP contribution in [0, 0.1) is 0 Å². The molecule has 8 heterocycles. The lowest BCUT2D eigenvalue weighted by atomic mass is 10.0. The van der Waals surface area contributed by atoms with E-state index >= 15 is 0 Å². The molecule has 0 aliphatic rings. The van der Waals surface area contributed by atoms with Crippen LogP contribution in [0.25, 0.3) is 213 Å². The number of para-hydroxylation sites is 6. The zero-order valence-electron chi connectivity index (χ0n) is 53.3. The number of rotatable bonds is 5. The molecule has 0 bridgehead atoms. The van der Waals surface area contributed by atoms with Gasteiger partial charge in [-0.3, -0.25) is 9.13 Å². The summed E-state index contributed by atoms with van der Waals surface area (Å²) in [5.74, 6) is 1.29. The Morgan fingerprint density at radius 3 is 1.26 bits per heavy atom. The van der Waals surface area contributed by atoms with Crippen LogP contribution >= 0.6 is 11.3 Å². The molecular weight excluding hydrogens is 1240 g/mol. The second-order valence-electron chi connectivity index (χ2n) is 26.0. The fraction of sp³-hybridized carbons (Fsp3) is 0. The molecule has 15 aromatic carbocycles. The zero-order valence-corrected chi connectivity index (χ0v) is 54.1. The van der Waals surface area contributed by atoms with Crippen LogP contribution in [0.2, 0.25) is 0 Å². The first-order valence-corrected chi connectivity index (χ1v) is 34.5. The molecule has 0 fully saturated rings. The fourth-order valence-electron chi connectivity index (χ4n) is 16.0. The summed E-state index contributed by atoms with van der Waals surface area (Å²) in [6, 6.07) is 109. The van der Waals surface area contributed by atoms with Gasteiger partial charge in [-0.15, -0.1) is 11.3 Å². The van der Waals surface area contributed by atoms with Crippen LogP contribution in [0.4, 0.5) is 0 Å². The quantitative estimate of drug-likeness (QED) is 0.170. The topological polar surface area (TPSA) is 92.6 Å². The van der Waals surface area contributed by atoms with Crippen molar-refractivity contribution in [3.05, 3.63) is 309 Å². The van der Waals surface area contributed by atoms with E-state index in [1.165, 1.54) is 63.3 Å². The maximum atomic E-state index is 6.53. The SMILES string of the molecule is c1ccc(-n2c3ccccc3c3c2ccc2c4ccccc4n(-c4nc(-c5ccc6c(c5)oc5cc7ccccc7cc56)c5ccccc5n4)c23)cc1.c1ccc2cc3c(cc2c1)oc1cc(-c2nc(-n4c5ccccc5c5ccc6c7ccccc7sc6c54)nc4ccccc24)ccc13. The Balaban J connectivity index is 0.000000128. The first-order chi connectivity index (χ1) is 49.6. The number of hydrogen-bond donors (Lipinski definition) is 0. The molecule has 8 aromatic heterocycles. The lowest BCUT2D eigenvalue weighted by molar-refractivity contribution is 0.669. The fourth-order valence-corrected chi connectivity index (χ4v) is 17.2. The molecule has 0 saturated carbocycles. The Bertz CT molecular complexity index is 7440. The van der Waals surface area contributed by atoms with Gasteiger partial charge in [0.15, 0.2) is 0 Å². The van der Waals surface area contributed by atoms with E-state index in [9.17, 15) is 0 Å². The van der Waals surface area contributed by atoms with Crippen molar-refractivity contribution in [2.24, 2.45) is 0 Å². The number of furan rings is 2. The average molecular weight is 1290 g/mol. The van der Waals surface area contributed by atoms with Gasteiger partial charge in [-0.2, -0.15) is 0 Å². The van der Waals surface area contributed by atoms with Crippen molar-refractivity contribution >= 4 is 184 Å². The molecule has 0 spiro atoms. The third-order valence-electron chi connectivity index (χ3n) is 20.5. The van der Waals surface area contributed by atoms with Gasteiger partial charge in [0, 0.05) is 96.9 Å². The monoisotopic (exact) mass is 1290 g/mol. The molecule has 23 aromatic rings. The number of benzene rings is 15. The van der Waals surface area contributed by atoms with E-state index in [0.717, 1.165) is 138 Å². The molecule has 9 nitrogen and oxygen atoms in total. The largest absolute Gasteiger partial charge is 0.456 e. The molecule has 0 saturated heterocycles. The van der Waals surface area contributed by atoms with Crippen LogP contribution in [0.1, 0.15) is 0 Å². The summed E-state index contributed by atoms with van der Waals surface area (Å²) in [6.07, 6.45) is 0. The van der Waals surface area contributed by atoms with E-state index in [-0.39, 0.29) is 0 Å². The van der Waals surface area contributed by atoms with E-state index < -0.39 is 0 Å². The van der Waals surface area contributed by atoms with Crippen LogP contribution in [-0.4, -0.2) is 33.6 Å². The lowest BCUT2D eigenvalue weighted by Crippen LogP contribution is -2.03. The maximum absolute atomic E-state index is 6.53. The second kappa shape index (κ2) is 21.1. The molecule has 23 rings (SSSR count). The van der Waals surface area contributed by atoms with E-state index in [1.54, 1.807) is 0 Å². The lowest BCUT2D eigenvalue weighted by Gasteiger charge is -2.12. The average Bonchev–Trinajstić information content (AvgIpc) is 1.55. The van der Waals surface area contributed by atoms with Crippen molar-refractivity contribution in [2.75, 3.05) is 0 Å². The van der Waals surface area contributed by atoms with Crippen molar-refractivity contribution in [2.45, 2.75) is 0 Å². The van der Waals surface area contributed by atoms with E-state index in [1.807, 2.05) is 23.5 Å². The summed E-state index contributed by atoms with van der Waals surface area (Å²) in [7, 11) is 0. The highest BCUT2D eigenvalue weighted by molar-refractivity contribution is 7.26. The highest BCUT2D eigenvalue weighted by Crippen LogP contribution is 2.46. The second-order valence-corrected chi connectivity index (χ2v) is 27.0. The zero-order chi connectivity index (χ0) is 65.3. The van der Waals surface area contributed by atoms with Crippen LogP contribution in [0.5, 0.6) is 0 Å². The summed E-state index contributed by atoms with van der Waals surface area (Å²) >= 11 is 1.83. The van der Waals surface area contributed by atoms with Gasteiger partial charge in [0.05, 0.1) is 60.2 Å². The maximum Gasteiger partial charge on any atom is 0.235 e. The summed E-state index contributed by atoms with van der Waals surface area (Å²) < 4.78 is 22.4. The Kier molecular flexibility index (Phi) is 11.6. The minimum Gasteiger partial charge on any atom is -0.456 e. The predicted molar refractivity (Wildman–Crippen MR) is 415 cm³/mol. The van der Waals surface area contributed by atoms with Crippen molar-refractivity contribution in [3.8, 4) is 40.1 Å². The van der Waals surface area contributed by atoms with Crippen LogP contribution in [0.15, 0.2) is 318 Å². The van der Waals surface area contributed by atoms with Gasteiger partial charge in [-0.25, -0.2) is 19.9 Å². The van der Waals surface area contributed by atoms with E-state index in [0.29, 0.717) is 11.9 Å². The highest BCUT2D eigenvalue weighted by Gasteiger charge is 2.26. The normalized spacial score (nSPS) is 12.2. The first kappa shape index (κ1) is 54.9.